The molecule has 19 heavy (non-hydrogen) atoms. The molecule has 0 aromatic carbocycles. The Morgan fingerprint density at radius 2 is 2.16 bits per heavy atom. The van der Waals surface area contributed by atoms with E-state index in [4.69, 9.17) is 4.42 Å². The summed E-state index contributed by atoms with van der Waals surface area (Å²) in [5.74, 6) is 0.971. The van der Waals surface area contributed by atoms with Crippen molar-refractivity contribution in [2.75, 3.05) is 7.05 Å². The van der Waals surface area contributed by atoms with Gasteiger partial charge in [-0.1, -0.05) is 6.42 Å². The first-order valence-corrected chi connectivity index (χ1v) is 8.42. The first-order chi connectivity index (χ1) is 9.29. The van der Waals surface area contributed by atoms with Crippen molar-refractivity contribution >= 4 is 27.3 Å². The largest absolute Gasteiger partial charge is 0.466 e. The van der Waals surface area contributed by atoms with Crippen molar-refractivity contribution in [1.29, 1.82) is 0 Å². The number of rotatable bonds is 3. The van der Waals surface area contributed by atoms with Gasteiger partial charge in [0.25, 0.3) is 0 Å². The lowest BCUT2D eigenvalue weighted by atomic mass is 10.1. The van der Waals surface area contributed by atoms with Gasteiger partial charge in [-0.05, 0) is 66.4 Å². The highest BCUT2D eigenvalue weighted by atomic mass is 79.9. The van der Waals surface area contributed by atoms with Crippen LogP contribution in [0.5, 0.6) is 0 Å². The number of hydrogen-bond acceptors (Lipinski definition) is 3. The zero-order chi connectivity index (χ0) is 13.2. The molecule has 1 unspecified atom stereocenters. The average Bonchev–Trinajstić information content (AvgIpc) is 2.93. The molecule has 0 aliphatic heterocycles. The van der Waals surface area contributed by atoms with E-state index in [-0.39, 0.29) is 6.04 Å². The summed E-state index contributed by atoms with van der Waals surface area (Å²) in [6.45, 7) is 0. The van der Waals surface area contributed by atoms with Crippen molar-refractivity contribution in [3.63, 3.8) is 0 Å². The van der Waals surface area contributed by atoms with Crippen molar-refractivity contribution in [2.24, 2.45) is 0 Å². The Morgan fingerprint density at radius 1 is 1.32 bits per heavy atom. The second kappa shape index (κ2) is 5.81. The standard InChI is InChI=1S/C15H18BrNOS/c1-17-14(15-11(16)7-8-18-15)13-9-10-5-3-2-4-6-12(10)19-13/h7-9,14,17H,2-6H2,1H3. The molecule has 2 aromatic heterocycles. The van der Waals surface area contributed by atoms with Gasteiger partial charge >= 0.3 is 0 Å². The van der Waals surface area contributed by atoms with Crippen LogP contribution in [0.4, 0.5) is 0 Å². The molecule has 3 rings (SSSR count). The molecule has 0 bridgehead atoms. The highest BCUT2D eigenvalue weighted by Crippen LogP contribution is 2.37. The van der Waals surface area contributed by atoms with Crippen LogP contribution >= 0.6 is 27.3 Å². The zero-order valence-electron chi connectivity index (χ0n) is 11.0. The van der Waals surface area contributed by atoms with Crippen LogP contribution in [0.2, 0.25) is 0 Å². The Bertz CT molecular complexity index is 537. The molecule has 1 aliphatic carbocycles. The fraction of sp³-hybridized carbons (Fsp3) is 0.467. The van der Waals surface area contributed by atoms with Crippen molar-refractivity contribution in [3.05, 3.63) is 43.9 Å². The van der Waals surface area contributed by atoms with Crippen LogP contribution < -0.4 is 5.32 Å². The maximum atomic E-state index is 5.63. The number of hydrogen-bond donors (Lipinski definition) is 1. The van der Waals surface area contributed by atoms with Crippen LogP contribution in [0.3, 0.4) is 0 Å². The van der Waals surface area contributed by atoms with Crippen molar-refractivity contribution in [3.8, 4) is 0 Å². The summed E-state index contributed by atoms with van der Waals surface area (Å²) in [4.78, 5) is 2.94. The molecule has 0 spiro atoms. The molecular weight excluding hydrogens is 322 g/mol. The van der Waals surface area contributed by atoms with Gasteiger partial charge in [-0.2, -0.15) is 0 Å². The molecule has 0 saturated carbocycles. The number of halogens is 1. The maximum absolute atomic E-state index is 5.63. The van der Waals surface area contributed by atoms with E-state index in [9.17, 15) is 0 Å². The lowest BCUT2D eigenvalue weighted by molar-refractivity contribution is 0.464. The quantitative estimate of drug-likeness (QED) is 0.821. The van der Waals surface area contributed by atoms with Gasteiger partial charge in [0.1, 0.15) is 11.8 Å². The fourth-order valence-corrected chi connectivity index (χ4v) is 4.54. The van der Waals surface area contributed by atoms with Gasteiger partial charge < -0.3 is 9.73 Å². The molecule has 1 aliphatic rings. The summed E-state index contributed by atoms with van der Waals surface area (Å²) >= 11 is 5.51. The zero-order valence-corrected chi connectivity index (χ0v) is 13.4. The summed E-state index contributed by atoms with van der Waals surface area (Å²) in [6.07, 6.45) is 8.26. The summed E-state index contributed by atoms with van der Waals surface area (Å²) in [7, 11) is 1.99. The minimum atomic E-state index is 0.154. The van der Waals surface area contributed by atoms with Gasteiger partial charge in [0.05, 0.1) is 10.7 Å². The second-order valence-corrected chi connectivity index (χ2v) is 7.03. The van der Waals surface area contributed by atoms with Crippen molar-refractivity contribution < 1.29 is 4.42 Å². The van der Waals surface area contributed by atoms with Crippen LogP contribution in [0.25, 0.3) is 0 Å². The van der Waals surface area contributed by atoms with E-state index in [0.29, 0.717) is 0 Å². The Labute approximate surface area is 126 Å². The number of furan rings is 1. The van der Waals surface area contributed by atoms with Gasteiger partial charge in [-0.25, -0.2) is 0 Å². The molecular formula is C15H18BrNOS. The fourth-order valence-electron chi connectivity index (χ4n) is 2.75. The molecule has 0 saturated heterocycles. The topological polar surface area (TPSA) is 25.2 Å². The van der Waals surface area contributed by atoms with E-state index in [1.165, 1.54) is 37.0 Å². The van der Waals surface area contributed by atoms with Crippen LogP contribution in [-0.2, 0) is 12.8 Å². The van der Waals surface area contributed by atoms with Crippen LogP contribution in [0.15, 0.2) is 27.3 Å². The lowest BCUT2D eigenvalue weighted by Gasteiger charge is -2.12. The molecule has 0 radical (unpaired) electrons. The predicted molar refractivity (Wildman–Crippen MR) is 82.9 cm³/mol. The van der Waals surface area contributed by atoms with Gasteiger partial charge in [-0.15, -0.1) is 11.3 Å². The Morgan fingerprint density at radius 3 is 2.89 bits per heavy atom. The summed E-state index contributed by atoms with van der Waals surface area (Å²) in [5, 5.41) is 3.37. The molecule has 0 fully saturated rings. The van der Waals surface area contributed by atoms with Crippen molar-refractivity contribution in [1.82, 2.24) is 5.32 Å². The second-order valence-electron chi connectivity index (χ2n) is 5.01. The third kappa shape index (κ3) is 2.67. The molecule has 2 aromatic rings. The first-order valence-electron chi connectivity index (χ1n) is 6.81. The molecule has 102 valence electrons. The number of aryl methyl sites for hydroxylation is 2. The molecule has 1 atom stereocenters. The van der Waals surface area contributed by atoms with E-state index in [0.717, 1.165) is 10.2 Å². The highest BCUT2D eigenvalue weighted by molar-refractivity contribution is 9.10. The maximum Gasteiger partial charge on any atom is 0.140 e. The summed E-state index contributed by atoms with van der Waals surface area (Å²) < 4.78 is 6.66. The highest BCUT2D eigenvalue weighted by Gasteiger charge is 2.22. The molecule has 2 heterocycles. The normalized spacial score (nSPS) is 16.9. The number of nitrogens with one attached hydrogen (secondary N) is 1. The Balaban J connectivity index is 1.94. The van der Waals surface area contributed by atoms with Crippen molar-refractivity contribution in [2.45, 2.75) is 38.1 Å². The van der Waals surface area contributed by atoms with Gasteiger partial charge in [0, 0.05) is 9.75 Å². The smallest absolute Gasteiger partial charge is 0.140 e. The molecule has 0 amide bonds. The van der Waals surface area contributed by atoms with Gasteiger partial charge in [-0.3, -0.25) is 0 Å². The van der Waals surface area contributed by atoms with Crippen LogP contribution in [0.1, 0.15) is 46.4 Å². The van der Waals surface area contributed by atoms with E-state index in [1.54, 1.807) is 16.7 Å². The molecule has 1 N–H and O–H groups in total. The van der Waals surface area contributed by atoms with E-state index in [2.05, 4.69) is 27.3 Å². The Kier molecular flexibility index (Phi) is 4.10. The van der Waals surface area contributed by atoms with Crippen LogP contribution in [0, 0.1) is 0 Å². The van der Waals surface area contributed by atoms with E-state index in [1.807, 2.05) is 24.5 Å². The number of thiophene rings is 1. The summed E-state index contributed by atoms with van der Waals surface area (Å²) in [6, 6.07) is 4.49. The third-order valence-electron chi connectivity index (χ3n) is 3.75. The van der Waals surface area contributed by atoms with E-state index >= 15 is 0 Å². The monoisotopic (exact) mass is 339 g/mol. The Hall–Kier alpha value is -0.580. The molecule has 4 heteroatoms. The summed E-state index contributed by atoms with van der Waals surface area (Å²) in [5.41, 5.74) is 1.56. The van der Waals surface area contributed by atoms with Crippen LogP contribution in [-0.4, -0.2) is 7.05 Å². The first kappa shape index (κ1) is 13.4. The SMILES string of the molecule is CNC(c1cc2c(s1)CCCCC2)c1occc1Br. The number of fused-ring (bicyclic) bond motifs is 1. The predicted octanol–water partition coefficient (Wildman–Crippen LogP) is 4.68. The lowest BCUT2D eigenvalue weighted by Crippen LogP contribution is -2.16. The van der Waals surface area contributed by atoms with Gasteiger partial charge in [0.2, 0.25) is 0 Å². The van der Waals surface area contributed by atoms with E-state index < -0.39 is 0 Å². The minimum absolute atomic E-state index is 0.154. The average molecular weight is 340 g/mol. The van der Waals surface area contributed by atoms with Gasteiger partial charge in [0.15, 0.2) is 0 Å². The minimum Gasteiger partial charge on any atom is -0.466 e. The molecule has 2 nitrogen and oxygen atoms in total. The third-order valence-corrected chi connectivity index (χ3v) is 5.70.